The van der Waals surface area contributed by atoms with Crippen molar-refractivity contribution < 1.29 is 17.6 Å². The van der Waals surface area contributed by atoms with Crippen molar-refractivity contribution in [1.82, 2.24) is 9.62 Å². The highest BCUT2D eigenvalue weighted by molar-refractivity contribution is 7.89. The van der Waals surface area contributed by atoms with Crippen molar-refractivity contribution in [2.75, 3.05) is 26.2 Å². The van der Waals surface area contributed by atoms with Crippen molar-refractivity contribution >= 4 is 28.3 Å². The largest absolute Gasteiger partial charge is 0.355 e. The molecule has 0 bridgehead atoms. The number of carbonyl (C=O) groups excluding carboxylic acids is 1. The smallest absolute Gasteiger partial charge is 0.243 e. The molecule has 1 saturated heterocycles. The molecule has 1 heterocycles. The predicted molar refractivity (Wildman–Crippen MR) is 91.9 cm³/mol. The molecule has 0 aromatic heterocycles. The van der Waals surface area contributed by atoms with Crippen LogP contribution in [0.2, 0.25) is 0 Å². The number of benzene rings is 1. The molecule has 0 radical (unpaired) electrons. The number of carbonyl (C=O) groups is 1. The molecule has 0 aliphatic carbocycles. The summed E-state index contributed by atoms with van der Waals surface area (Å²) >= 11 is 0. The Balaban J connectivity index is 0.00000288. The Hall–Kier alpha value is -1.22. The number of nitrogens with zero attached hydrogens (tertiary/aromatic N) is 1. The third kappa shape index (κ3) is 4.66. The second-order valence-electron chi connectivity index (χ2n) is 5.69. The molecule has 3 N–H and O–H groups in total. The highest BCUT2D eigenvalue weighted by atomic mass is 35.5. The fourth-order valence-corrected chi connectivity index (χ4v) is 4.47. The summed E-state index contributed by atoms with van der Waals surface area (Å²) in [7, 11) is -3.81. The molecule has 1 aliphatic rings. The molecule has 6 nitrogen and oxygen atoms in total. The molecule has 136 valence electrons. The van der Waals surface area contributed by atoms with Crippen LogP contribution in [0.4, 0.5) is 4.39 Å². The van der Waals surface area contributed by atoms with E-state index in [9.17, 15) is 17.6 Å². The highest BCUT2D eigenvalue weighted by Crippen LogP contribution is 2.26. The van der Waals surface area contributed by atoms with Gasteiger partial charge < -0.3 is 11.1 Å². The summed E-state index contributed by atoms with van der Waals surface area (Å²) in [5, 5.41) is 2.69. The average Bonchev–Trinajstić information content (AvgIpc) is 2.54. The third-order valence-corrected chi connectivity index (χ3v) is 5.97. The van der Waals surface area contributed by atoms with Gasteiger partial charge in [0, 0.05) is 26.2 Å². The zero-order valence-corrected chi connectivity index (χ0v) is 15.1. The van der Waals surface area contributed by atoms with Crippen LogP contribution in [0.5, 0.6) is 0 Å². The van der Waals surface area contributed by atoms with Crippen molar-refractivity contribution in [3.05, 3.63) is 29.6 Å². The van der Waals surface area contributed by atoms with Crippen LogP contribution in [0, 0.1) is 18.7 Å². The summed E-state index contributed by atoms with van der Waals surface area (Å²) in [5.74, 6) is -1.19. The van der Waals surface area contributed by atoms with E-state index in [-0.39, 0.29) is 29.8 Å². The van der Waals surface area contributed by atoms with Gasteiger partial charge >= 0.3 is 0 Å². The molecule has 9 heteroatoms. The first kappa shape index (κ1) is 20.8. The van der Waals surface area contributed by atoms with Gasteiger partial charge in [-0.05, 0) is 37.5 Å². The van der Waals surface area contributed by atoms with Crippen LogP contribution >= 0.6 is 12.4 Å². The second-order valence-corrected chi connectivity index (χ2v) is 7.60. The Morgan fingerprint density at radius 3 is 2.83 bits per heavy atom. The Labute approximate surface area is 148 Å². The van der Waals surface area contributed by atoms with E-state index >= 15 is 0 Å². The summed E-state index contributed by atoms with van der Waals surface area (Å²) in [6, 6.07) is 3.70. The molecule has 2 rings (SSSR count). The minimum atomic E-state index is -3.81. The van der Waals surface area contributed by atoms with E-state index in [2.05, 4.69) is 5.32 Å². The molecule has 1 fully saturated rings. The maximum absolute atomic E-state index is 13.4. The van der Waals surface area contributed by atoms with E-state index in [1.807, 2.05) is 0 Å². The maximum Gasteiger partial charge on any atom is 0.243 e. The van der Waals surface area contributed by atoms with E-state index in [1.54, 1.807) is 6.92 Å². The van der Waals surface area contributed by atoms with Crippen LogP contribution in [0.1, 0.15) is 18.4 Å². The number of halogens is 2. The van der Waals surface area contributed by atoms with Gasteiger partial charge in [0.05, 0.1) is 10.8 Å². The lowest BCUT2D eigenvalue weighted by atomic mass is 9.99. The SMILES string of the molecule is Cc1ccc(F)cc1S(=O)(=O)N1CCCC(C(=O)NCCN)C1.Cl. The number of hydrogen-bond donors (Lipinski definition) is 2. The molecule has 1 amide bonds. The van der Waals surface area contributed by atoms with Gasteiger partial charge in [-0.2, -0.15) is 4.31 Å². The highest BCUT2D eigenvalue weighted by Gasteiger charge is 2.34. The molecule has 0 spiro atoms. The summed E-state index contributed by atoms with van der Waals surface area (Å²) in [6.07, 6.45) is 1.22. The fraction of sp³-hybridized carbons (Fsp3) is 0.533. The zero-order chi connectivity index (χ0) is 17.0. The van der Waals surface area contributed by atoms with Gasteiger partial charge in [0.2, 0.25) is 15.9 Å². The first-order chi connectivity index (χ1) is 10.9. The lowest BCUT2D eigenvalue weighted by Gasteiger charge is -2.31. The molecule has 24 heavy (non-hydrogen) atoms. The van der Waals surface area contributed by atoms with Gasteiger partial charge in [-0.25, -0.2) is 12.8 Å². The number of nitrogens with two attached hydrogens (primary N) is 1. The number of sulfonamides is 1. The van der Waals surface area contributed by atoms with Crippen LogP contribution in [0.25, 0.3) is 0 Å². The number of aryl methyl sites for hydroxylation is 1. The monoisotopic (exact) mass is 379 g/mol. The standard InChI is InChI=1S/C15H22FN3O3S.ClH/c1-11-4-5-13(16)9-14(11)23(21,22)19-8-2-3-12(10-19)15(20)18-7-6-17;/h4-5,9,12H,2-3,6-8,10,17H2,1H3,(H,18,20);1H. The summed E-state index contributed by atoms with van der Waals surface area (Å²) < 4.78 is 40.2. The van der Waals surface area contributed by atoms with Crippen LogP contribution in [0.15, 0.2) is 23.1 Å². The summed E-state index contributed by atoms with van der Waals surface area (Å²) in [5.41, 5.74) is 5.84. The van der Waals surface area contributed by atoms with Crippen LogP contribution in [0.3, 0.4) is 0 Å². The minimum Gasteiger partial charge on any atom is -0.355 e. The molecule has 1 atom stereocenters. The van der Waals surface area contributed by atoms with Gasteiger partial charge in [0.15, 0.2) is 0 Å². The lowest BCUT2D eigenvalue weighted by molar-refractivity contribution is -0.126. The molecule has 1 aromatic carbocycles. The van der Waals surface area contributed by atoms with Crippen molar-refractivity contribution in [1.29, 1.82) is 0 Å². The second kappa shape index (κ2) is 8.75. The number of piperidine rings is 1. The molecule has 1 unspecified atom stereocenters. The minimum absolute atomic E-state index is 0. The van der Waals surface area contributed by atoms with E-state index < -0.39 is 21.8 Å². The van der Waals surface area contributed by atoms with E-state index in [1.165, 1.54) is 16.4 Å². The molecular weight excluding hydrogens is 357 g/mol. The normalized spacial score (nSPS) is 18.7. The van der Waals surface area contributed by atoms with Crippen molar-refractivity contribution in [2.24, 2.45) is 11.7 Å². The Morgan fingerprint density at radius 1 is 1.46 bits per heavy atom. The lowest BCUT2D eigenvalue weighted by Crippen LogP contribution is -2.46. The quantitative estimate of drug-likeness (QED) is 0.799. The predicted octanol–water partition coefficient (Wildman–Crippen LogP) is 1.03. The Kier molecular flexibility index (Phi) is 7.59. The summed E-state index contributed by atoms with van der Waals surface area (Å²) in [6.45, 7) is 2.77. The van der Waals surface area contributed by atoms with Crippen molar-refractivity contribution in [3.8, 4) is 0 Å². The van der Waals surface area contributed by atoms with Crippen molar-refractivity contribution in [3.63, 3.8) is 0 Å². The fourth-order valence-electron chi connectivity index (χ4n) is 2.71. The number of rotatable bonds is 5. The van der Waals surface area contributed by atoms with Gasteiger partial charge in [0.1, 0.15) is 5.82 Å². The van der Waals surface area contributed by atoms with E-state index in [4.69, 9.17) is 5.73 Å². The van der Waals surface area contributed by atoms with Gasteiger partial charge in [-0.3, -0.25) is 4.79 Å². The van der Waals surface area contributed by atoms with Crippen molar-refractivity contribution in [2.45, 2.75) is 24.7 Å². The summed E-state index contributed by atoms with van der Waals surface area (Å²) in [4.78, 5) is 12.0. The Bertz CT molecular complexity index is 685. The third-order valence-electron chi connectivity index (χ3n) is 3.97. The van der Waals surface area contributed by atoms with Crippen LogP contribution in [-0.4, -0.2) is 44.8 Å². The maximum atomic E-state index is 13.4. The van der Waals surface area contributed by atoms with Gasteiger partial charge in [-0.1, -0.05) is 6.07 Å². The van der Waals surface area contributed by atoms with Gasteiger partial charge in [0.25, 0.3) is 0 Å². The van der Waals surface area contributed by atoms with Gasteiger partial charge in [-0.15, -0.1) is 12.4 Å². The number of amides is 1. The number of hydrogen-bond acceptors (Lipinski definition) is 4. The first-order valence-corrected chi connectivity index (χ1v) is 9.04. The molecule has 0 saturated carbocycles. The Morgan fingerprint density at radius 2 is 2.17 bits per heavy atom. The molecular formula is C15H23ClFN3O3S. The first-order valence-electron chi connectivity index (χ1n) is 7.60. The average molecular weight is 380 g/mol. The number of nitrogens with one attached hydrogen (secondary N) is 1. The topological polar surface area (TPSA) is 92.5 Å². The van der Waals surface area contributed by atoms with Crippen LogP contribution in [-0.2, 0) is 14.8 Å². The molecule has 1 aliphatic heterocycles. The van der Waals surface area contributed by atoms with E-state index in [0.717, 1.165) is 6.07 Å². The van der Waals surface area contributed by atoms with E-state index in [0.29, 0.717) is 38.0 Å². The zero-order valence-electron chi connectivity index (χ0n) is 13.5. The molecule has 1 aromatic rings. The van der Waals surface area contributed by atoms with Crippen LogP contribution < -0.4 is 11.1 Å².